The van der Waals surface area contributed by atoms with E-state index in [4.69, 9.17) is 9.72 Å². The Morgan fingerprint density at radius 2 is 1.61 bits per heavy atom. The third-order valence-corrected chi connectivity index (χ3v) is 8.59. The van der Waals surface area contributed by atoms with Crippen molar-refractivity contribution in [1.29, 1.82) is 0 Å². The molecule has 0 atom stereocenters. The summed E-state index contributed by atoms with van der Waals surface area (Å²) in [5.74, 6) is -0.00819. The third-order valence-electron chi connectivity index (χ3n) is 8.59. The molecule has 0 saturated heterocycles. The van der Waals surface area contributed by atoms with E-state index in [-0.39, 0.29) is 24.0 Å². The summed E-state index contributed by atoms with van der Waals surface area (Å²) in [6, 6.07) is 22.5. The fourth-order valence-corrected chi connectivity index (χ4v) is 5.80. The van der Waals surface area contributed by atoms with Gasteiger partial charge in [0.2, 0.25) is 0 Å². The molecule has 0 bridgehead atoms. The molecule has 1 aliphatic rings. The number of hydrogen-bond donors (Lipinski definition) is 2. The van der Waals surface area contributed by atoms with Gasteiger partial charge in [-0.25, -0.2) is 19.2 Å². The van der Waals surface area contributed by atoms with Crippen molar-refractivity contribution >= 4 is 28.7 Å². The van der Waals surface area contributed by atoms with Crippen molar-refractivity contribution in [3.05, 3.63) is 113 Å². The summed E-state index contributed by atoms with van der Waals surface area (Å²) >= 11 is 0. The van der Waals surface area contributed by atoms with Crippen LogP contribution < -0.4 is 5.32 Å². The predicted octanol–water partition coefficient (Wildman–Crippen LogP) is 8.68. The van der Waals surface area contributed by atoms with E-state index in [0.717, 1.165) is 28.7 Å². The lowest BCUT2D eigenvalue weighted by atomic mass is 9.87. The number of ether oxygens (including phenoxy) is 1. The first-order valence-electron chi connectivity index (χ1n) is 16.6. The van der Waals surface area contributed by atoms with Gasteiger partial charge in [0.1, 0.15) is 22.8 Å². The second kappa shape index (κ2) is 13.3. The maximum atomic E-state index is 15.3. The van der Waals surface area contributed by atoms with Gasteiger partial charge >= 0.3 is 6.09 Å². The van der Waals surface area contributed by atoms with Crippen molar-refractivity contribution in [3.8, 4) is 22.5 Å². The Hall–Kier alpha value is -5.31. The maximum absolute atomic E-state index is 15.3. The van der Waals surface area contributed by atoms with Crippen molar-refractivity contribution in [2.75, 3.05) is 13.1 Å². The Morgan fingerprint density at radius 1 is 0.918 bits per heavy atom. The van der Waals surface area contributed by atoms with Crippen LogP contribution in [0, 0.1) is 5.82 Å². The highest BCUT2D eigenvalue weighted by Crippen LogP contribution is 2.31. The summed E-state index contributed by atoms with van der Waals surface area (Å²) < 4.78 is 20.8. The summed E-state index contributed by atoms with van der Waals surface area (Å²) in [4.78, 5) is 39.5. The summed E-state index contributed by atoms with van der Waals surface area (Å²) in [5.41, 5.74) is 7.35. The second-order valence-corrected chi connectivity index (χ2v) is 14.4. The van der Waals surface area contributed by atoms with E-state index in [0.29, 0.717) is 46.8 Å². The summed E-state index contributed by atoms with van der Waals surface area (Å²) in [5, 5.41) is 2.83. The average Bonchev–Trinajstić information content (AvgIpc) is 3.51. The molecule has 1 aliphatic heterocycles. The van der Waals surface area contributed by atoms with Gasteiger partial charge in [-0.05, 0) is 79.1 Å². The van der Waals surface area contributed by atoms with Crippen molar-refractivity contribution < 1.29 is 18.7 Å². The molecule has 5 aromatic rings. The number of amides is 2. The third kappa shape index (κ3) is 7.72. The number of hydrogen-bond acceptors (Lipinski definition) is 5. The fourth-order valence-electron chi connectivity index (χ4n) is 5.80. The van der Waals surface area contributed by atoms with Crippen LogP contribution in [0.4, 0.5) is 9.18 Å². The van der Waals surface area contributed by atoms with Gasteiger partial charge in [0.05, 0.1) is 0 Å². The first-order chi connectivity index (χ1) is 23.2. The van der Waals surface area contributed by atoms with E-state index >= 15 is 4.39 Å². The van der Waals surface area contributed by atoms with Gasteiger partial charge in [0.15, 0.2) is 5.65 Å². The van der Waals surface area contributed by atoms with Gasteiger partial charge in [-0.1, -0.05) is 75.4 Å². The van der Waals surface area contributed by atoms with E-state index in [9.17, 15) is 9.59 Å². The number of benzene rings is 3. The Bertz CT molecular complexity index is 2030. The Morgan fingerprint density at radius 3 is 2.24 bits per heavy atom. The molecule has 2 amide bonds. The van der Waals surface area contributed by atoms with E-state index < -0.39 is 11.4 Å². The van der Waals surface area contributed by atoms with Crippen LogP contribution in [0.1, 0.15) is 75.0 Å². The maximum Gasteiger partial charge on any atom is 0.410 e. The first kappa shape index (κ1) is 33.6. The summed E-state index contributed by atoms with van der Waals surface area (Å²) in [6.45, 7) is 13.1. The number of pyridine rings is 1. The minimum atomic E-state index is -0.522. The molecule has 3 aromatic carbocycles. The largest absolute Gasteiger partial charge is 0.444 e. The minimum absolute atomic E-state index is 0.00660. The van der Waals surface area contributed by atoms with E-state index in [2.05, 4.69) is 54.3 Å². The van der Waals surface area contributed by atoms with Crippen LogP contribution in [0.2, 0.25) is 0 Å². The molecule has 3 heterocycles. The van der Waals surface area contributed by atoms with Gasteiger partial charge in [-0.2, -0.15) is 0 Å². The zero-order chi connectivity index (χ0) is 34.9. The molecule has 0 saturated carbocycles. The SMILES string of the molecule is CC(C)(C)OC(=O)N1CC=C(c2ccc(-c3nc4c(-c5ccc(CNC(=O)c6ccc(C(C)(C)C)cc6)c(F)c5)ccnc4[nH]3)cc2)CC1. The molecule has 49 heavy (non-hydrogen) atoms. The summed E-state index contributed by atoms with van der Waals surface area (Å²) in [7, 11) is 0. The topological polar surface area (TPSA) is 100 Å². The number of halogens is 1. The molecule has 2 N–H and O–H groups in total. The first-order valence-corrected chi connectivity index (χ1v) is 16.6. The predicted molar refractivity (Wildman–Crippen MR) is 191 cm³/mol. The molecule has 8 nitrogen and oxygen atoms in total. The van der Waals surface area contributed by atoms with E-state index in [1.54, 1.807) is 29.3 Å². The van der Waals surface area contributed by atoms with Crippen LogP contribution >= 0.6 is 0 Å². The number of H-pyrrole nitrogens is 1. The lowest BCUT2D eigenvalue weighted by Gasteiger charge is -2.29. The number of aromatic nitrogens is 3. The minimum Gasteiger partial charge on any atom is -0.444 e. The normalized spacial score (nSPS) is 13.7. The number of nitrogens with zero attached hydrogens (tertiary/aromatic N) is 3. The molecular weight excluding hydrogens is 617 g/mol. The zero-order valence-electron chi connectivity index (χ0n) is 28.9. The van der Waals surface area contributed by atoms with Crippen molar-refractivity contribution in [1.82, 2.24) is 25.2 Å². The van der Waals surface area contributed by atoms with Gasteiger partial charge in [0.25, 0.3) is 5.91 Å². The standard InChI is InChI=1S/C40H42FN5O3/c1-39(2,3)31-15-13-28(14-16-31)37(47)43-24-30-12-11-29(23-33(30)41)32-17-20-42-36-34(32)44-35(45-36)27-9-7-25(8-10-27)26-18-21-46(22-19-26)38(48)49-40(4,5)6/h7-18,20,23H,19,21-22,24H2,1-6H3,(H,43,47)(H,42,44,45). The molecule has 252 valence electrons. The number of nitrogens with one attached hydrogen (secondary N) is 2. The van der Waals surface area contributed by atoms with E-state index in [1.807, 2.05) is 57.2 Å². The zero-order valence-corrected chi connectivity index (χ0v) is 28.9. The van der Waals surface area contributed by atoms with Crippen LogP contribution in [0.3, 0.4) is 0 Å². The van der Waals surface area contributed by atoms with Gasteiger partial charge in [-0.3, -0.25) is 4.79 Å². The highest BCUT2D eigenvalue weighted by molar-refractivity contribution is 5.94. The molecule has 2 aromatic heterocycles. The highest BCUT2D eigenvalue weighted by Gasteiger charge is 2.24. The molecule has 0 aliphatic carbocycles. The average molecular weight is 660 g/mol. The smallest absolute Gasteiger partial charge is 0.410 e. The molecule has 0 fully saturated rings. The molecule has 6 rings (SSSR count). The highest BCUT2D eigenvalue weighted by atomic mass is 19.1. The van der Waals surface area contributed by atoms with Gasteiger partial charge < -0.3 is 19.9 Å². The van der Waals surface area contributed by atoms with Crippen molar-refractivity contribution in [2.45, 2.75) is 65.5 Å². The lowest BCUT2D eigenvalue weighted by Crippen LogP contribution is -2.39. The van der Waals surface area contributed by atoms with E-state index in [1.165, 1.54) is 11.6 Å². The molecule has 0 unspecified atom stereocenters. The van der Waals surface area contributed by atoms with Crippen LogP contribution in [0.5, 0.6) is 0 Å². The number of imidazole rings is 1. The summed E-state index contributed by atoms with van der Waals surface area (Å²) in [6.07, 6.45) is 4.19. The van der Waals surface area contributed by atoms with Crippen molar-refractivity contribution in [2.24, 2.45) is 0 Å². The number of fused-ring (bicyclic) bond motifs is 1. The quantitative estimate of drug-likeness (QED) is 0.190. The van der Waals surface area contributed by atoms with Crippen molar-refractivity contribution in [3.63, 3.8) is 0 Å². The molecule has 0 spiro atoms. The van der Waals surface area contributed by atoms with Gasteiger partial charge in [0, 0.05) is 48.1 Å². The lowest BCUT2D eigenvalue weighted by molar-refractivity contribution is 0.0270. The second-order valence-electron chi connectivity index (χ2n) is 14.4. The number of carbonyl (C=O) groups excluding carboxylic acids is 2. The molecule has 9 heteroatoms. The Kier molecular flexibility index (Phi) is 9.12. The number of carbonyl (C=O) groups is 2. The van der Waals surface area contributed by atoms with Crippen LogP contribution in [-0.4, -0.2) is 50.5 Å². The number of aromatic amines is 1. The number of rotatable bonds is 6. The van der Waals surface area contributed by atoms with Crippen LogP contribution in [0.15, 0.2) is 85.1 Å². The Labute approximate surface area is 286 Å². The Balaban J connectivity index is 1.14. The van der Waals surface area contributed by atoms with Crippen LogP contribution in [-0.2, 0) is 16.7 Å². The van der Waals surface area contributed by atoms with Gasteiger partial charge in [-0.15, -0.1) is 0 Å². The molecular formula is C40H42FN5O3. The van der Waals surface area contributed by atoms with Crippen LogP contribution in [0.25, 0.3) is 39.3 Å². The molecule has 0 radical (unpaired) electrons. The monoisotopic (exact) mass is 659 g/mol. The fraction of sp³-hybridized carbons (Fsp3) is 0.300.